The largest absolute Gasteiger partial charge is 0.384 e. The van der Waals surface area contributed by atoms with Crippen molar-refractivity contribution in [3.8, 4) is 12.3 Å². The lowest BCUT2D eigenvalue weighted by molar-refractivity contribution is -0.136. The molecular weight excluding hydrogens is 410 g/mol. The fourth-order valence-corrected chi connectivity index (χ4v) is 4.02. The fourth-order valence-electron chi connectivity index (χ4n) is 4.02. The lowest BCUT2D eigenvalue weighted by Gasteiger charge is -2.27. The van der Waals surface area contributed by atoms with E-state index in [0.29, 0.717) is 12.2 Å². The van der Waals surface area contributed by atoms with Gasteiger partial charge in [-0.25, -0.2) is 0 Å². The van der Waals surface area contributed by atoms with Crippen LogP contribution in [0.5, 0.6) is 0 Å². The van der Waals surface area contributed by atoms with E-state index in [0.717, 1.165) is 36.3 Å². The minimum atomic E-state index is -0.967. The maximum absolute atomic E-state index is 13.0. The molecule has 0 bridgehead atoms. The summed E-state index contributed by atoms with van der Waals surface area (Å²) in [4.78, 5) is 50.5. The van der Waals surface area contributed by atoms with Gasteiger partial charge in [0.15, 0.2) is 0 Å². The third kappa shape index (κ3) is 4.12. The zero-order chi connectivity index (χ0) is 22.7. The van der Waals surface area contributed by atoms with Gasteiger partial charge in [0.1, 0.15) is 6.04 Å². The van der Waals surface area contributed by atoms with Gasteiger partial charge >= 0.3 is 0 Å². The molecule has 2 aromatic rings. The first kappa shape index (κ1) is 21.3. The van der Waals surface area contributed by atoms with Crippen molar-refractivity contribution in [1.82, 2.24) is 20.0 Å². The van der Waals surface area contributed by atoms with Crippen LogP contribution in [0.25, 0.3) is 0 Å². The number of carbonyl (C=O) groups is 4. The third-order valence-corrected chi connectivity index (χ3v) is 5.65. The van der Waals surface area contributed by atoms with Crippen LogP contribution in [0.3, 0.4) is 0 Å². The lowest BCUT2D eigenvalue weighted by Crippen LogP contribution is -2.54. The van der Waals surface area contributed by atoms with Gasteiger partial charge in [0.25, 0.3) is 11.8 Å². The molecule has 0 radical (unpaired) electrons. The number of benzene rings is 1. The number of nitrogens with one attached hydrogen (secondary N) is 2. The van der Waals surface area contributed by atoms with Crippen molar-refractivity contribution in [2.75, 3.05) is 11.9 Å². The molecule has 4 amide bonds. The highest BCUT2D eigenvalue weighted by Gasteiger charge is 2.45. The van der Waals surface area contributed by atoms with Crippen LogP contribution in [0.2, 0.25) is 0 Å². The van der Waals surface area contributed by atoms with Crippen molar-refractivity contribution in [2.45, 2.75) is 44.7 Å². The summed E-state index contributed by atoms with van der Waals surface area (Å²) in [6, 6.07) is 4.08. The molecule has 0 aliphatic carbocycles. The van der Waals surface area contributed by atoms with Crippen LogP contribution >= 0.6 is 0 Å². The Morgan fingerprint density at radius 2 is 2.00 bits per heavy atom. The number of rotatable bonds is 8. The average Bonchev–Trinajstić information content (AvgIpc) is 3.34. The summed E-state index contributed by atoms with van der Waals surface area (Å²) < 4.78 is 1.82. The first-order valence-electron chi connectivity index (χ1n) is 10.6. The standard InChI is InChI=1S/C23H23N5O4/c1-2-15-13-25-27(14-15)12-5-3-4-11-24-17-8-6-7-16-20(17)23(32)28(22(16)31)18-9-10-19(29)26-21(18)30/h1,6-8,13-14,18,24H,3-5,9-12H2,(H,26,29,30). The van der Waals surface area contributed by atoms with Crippen LogP contribution < -0.4 is 10.6 Å². The zero-order valence-corrected chi connectivity index (χ0v) is 17.5. The highest BCUT2D eigenvalue weighted by molar-refractivity contribution is 6.25. The Labute approximate surface area is 185 Å². The lowest BCUT2D eigenvalue weighted by atomic mass is 10.0. The Morgan fingerprint density at radius 1 is 1.16 bits per heavy atom. The molecule has 3 heterocycles. The van der Waals surface area contributed by atoms with Crippen molar-refractivity contribution in [2.24, 2.45) is 0 Å². The molecule has 2 aliphatic rings. The number of terminal acetylenes is 1. The number of unbranched alkanes of at least 4 members (excludes halogenated alkanes) is 2. The quantitative estimate of drug-likeness (QED) is 0.371. The number of hydrogen-bond donors (Lipinski definition) is 2. The maximum Gasteiger partial charge on any atom is 0.264 e. The van der Waals surface area contributed by atoms with E-state index in [9.17, 15) is 19.2 Å². The van der Waals surface area contributed by atoms with E-state index in [-0.39, 0.29) is 24.0 Å². The molecule has 1 saturated heterocycles. The van der Waals surface area contributed by atoms with Gasteiger partial charge in [-0.1, -0.05) is 12.0 Å². The number of aryl methyl sites for hydroxylation is 1. The molecule has 32 heavy (non-hydrogen) atoms. The SMILES string of the molecule is C#Cc1cnn(CCCCCNc2cccc3c2C(=O)N(C2CCC(=O)NC2=O)C3=O)c1. The van der Waals surface area contributed by atoms with Gasteiger partial charge in [-0.05, 0) is 37.8 Å². The van der Waals surface area contributed by atoms with Crippen LogP contribution in [-0.4, -0.2) is 50.9 Å². The van der Waals surface area contributed by atoms with Crippen LogP contribution in [-0.2, 0) is 16.1 Å². The number of amides is 4. The molecule has 1 atom stereocenters. The van der Waals surface area contributed by atoms with E-state index in [1.807, 2.05) is 10.9 Å². The van der Waals surface area contributed by atoms with Gasteiger partial charge in [0, 0.05) is 31.4 Å². The summed E-state index contributed by atoms with van der Waals surface area (Å²) in [5.41, 5.74) is 1.88. The molecule has 1 aromatic heterocycles. The summed E-state index contributed by atoms with van der Waals surface area (Å²) in [5, 5.41) is 9.65. The molecular formula is C23H23N5O4. The van der Waals surface area contributed by atoms with E-state index in [4.69, 9.17) is 6.42 Å². The highest BCUT2D eigenvalue weighted by atomic mass is 16.2. The highest BCUT2D eigenvalue weighted by Crippen LogP contribution is 2.32. The second-order valence-corrected chi connectivity index (χ2v) is 7.80. The van der Waals surface area contributed by atoms with Crippen LogP contribution in [0.15, 0.2) is 30.6 Å². The monoisotopic (exact) mass is 433 g/mol. The van der Waals surface area contributed by atoms with Crippen molar-refractivity contribution in [3.63, 3.8) is 0 Å². The normalized spacial score (nSPS) is 17.8. The predicted molar refractivity (Wildman–Crippen MR) is 116 cm³/mol. The molecule has 0 spiro atoms. The molecule has 9 heteroatoms. The van der Waals surface area contributed by atoms with E-state index < -0.39 is 29.7 Å². The van der Waals surface area contributed by atoms with E-state index in [1.165, 1.54) is 0 Å². The van der Waals surface area contributed by atoms with Crippen molar-refractivity contribution in [1.29, 1.82) is 0 Å². The molecule has 0 saturated carbocycles. The Kier molecular flexibility index (Phi) is 6.03. The number of fused-ring (bicyclic) bond motifs is 1. The van der Waals surface area contributed by atoms with Gasteiger partial charge < -0.3 is 5.32 Å². The van der Waals surface area contributed by atoms with E-state index >= 15 is 0 Å². The Morgan fingerprint density at radius 3 is 2.75 bits per heavy atom. The Bertz CT molecular complexity index is 1130. The Hall–Kier alpha value is -3.93. The zero-order valence-electron chi connectivity index (χ0n) is 17.5. The molecule has 2 N–H and O–H groups in total. The molecule has 1 unspecified atom stereocenters. The summed E-state index contributed by atoms with van der Waals surface area (Å²) in [6.45, 7) is 1.40. The van der Waals surface area contributed by atoms with Gasteiger partial charge in [-0.15, -0.1) is 6.42 Å². The number of anilines is 1. The van der Waals surface area contributed by atoms with Crippen LogP contribution in [0.4, 0.5) is 5.69 Å². The number of carbonyl (C=O) groups excluding carboxylic acids is 4. The number of nitrogens with zero attached hydrogens (tertiary/aromatic N) is 3. The summed E-state index contributed by atoms with van der Waals surface area (Å²) in [6.07, 6.45) is 11.8. The second-order valence-electron chi connectivity index (χ2n) is 7.80. The second kappa shape index (κ2) is 9.06. The first-order valence-corrected chi connectivity index (χ1v) is 10.6. The van der Waals surface area contributed by atoms with Gasteiger partial charge in [0.2, 0.25) is 11.8 Å². The molecule has 1 fully saturated rings. The smallest absolute Gasteiger partial charge is 0.264 e. The van der Waals surface area contributed by atoms with Gasteiger partial charge in [-0.2, -0.15) is 5.10 Å². The Balaban J connectivity index is 1.34. The molecule has 4 rings (SSSR count). The van der Waals surface area contributed by atoms with Gasteiger partial charge in [0.05, 0.1) is 22.9 Å². The average molecular weight is 433 g/mol. The topological polar surface area (TPSA) is 113 Å². The minimum absolute atomic E-state index is 0.0947. The maximum atomic E-state index is 13.0. The van der Waals surface area contributed by atoms with Crippen molar-refractivity contribution in [3.05, 3.63) is 47.3 Å². The van der Waals surface area contributed by atoms with Crippen molar-refractivity contribution < 1.29 is 19.2 Å². The summed E-state index contributed by atoms with van der Waals surface area (Å²) in [5.74, 6) is 0.524. The molecule has 1 aromatic carbocycles. The minimum Gasteiger partial charge on any atom is -0.384 e. The number of piperidine rings is 1. The van der Waals surface area contributed by atoms with Gasteiger partial charge in [-0.3, -0.25) is 34.1 Å². The summed E-state index contributed by atoms with van der Waals surface area (Å²) in [7, 11) is 0. The predicted octanol–water partition coefficient (Wildman–Crippen LogP) is 1.55. The van der Waals surface area contributed by atoms with Crippen molar-refractivity contribution >= 4 is 29.3 Å². The molecule has 9 nitrogen and oxygen atoms in total. The number of aromatic nitrogens is 2. The van der Waals surface area contributed by atoms with Crippen LogP contribution in [0.1, 0.15) is 58.4 Å². The third-order valence-electron chi connectivity index (χ3n) is 5.65. The first-order chi connectivity index (χ1) is 15.5. The number of imide groups is 2. The number of hydrogen-bond acceptors (Lipinski definition) is 6. The molecule has 2 aliphatic heterocycles. The van der Waals surface area contributed by atoms with E-state index in [2.05, 4.69) is 21.7 Å². The van der Waals surface area contributed by atoms with E-state index in [1.54, 1.807) is 24.4 Å². The molecule has 164 valence electrons. The van der Waals surface area contributed by atoms with Crippen LogP contribution in [0, 0.1) is 12.3 Å². The summed E-state index contributed by atoms with van der Waals surface area (Å²) >= 11 is 0. The fraction of sp³-hybridized carbons (Fsp3) is 0.348.